The molecule has 0 bridgehead atoms. The Hall–Kier alpha value is -3.42. The molecule has 4 rings (SSSR count). The molecule has 0 radical (unpaired) electrons. The minimum atomic E-state index is -4.46. The van der Waals surface area contributed by atoms with Crippen molar-refractivity contribution >= 4 is 59.5 Å². The van der Waals surface area contributed by atoms with Gasteiger partial charge in [-0.05, 0) is 36.4 Å². The molecule has 1 fully saturated rings. The number of sulfonamides is 1. The molecule has 0 amide bonds. The van der Waals surface area contributed by atoms with E-state index < -0.39 is 30.3 Å². The fraction of sp³-hybridized carbons (Fsp3) is 0.167. The van der Waals surface area contributed by atoms with Crippen molar-refractivity contribution in [2.45, 2.75) is 9.79 Å². The van der Waals surface area contributed by atoms with E-state index in [-0.39, 0.29) is 58.0 Å². The van der Waals surface area contributed by atoms with E-state index in [1.807, 2.05) is 0 Å². The minimum Gasteiger partial charge on any atom is -0.353 e. The second kappa shape index (κ2) is 9.56. The summed E-state index contributed by atoms with van der Waals surface area (Å²) in [6.45, 7) is 0.338. The number of hydrogen-bond donors (Lipinski definition) is 5. The van der Waals surface area contributed by atoms with Gasteiger partial charge >= 0.3 is 0 Å². The normalized spacial score (nSPS) is 16.8. The van der Waals surface area contributed by atoms with E-state index in [4.69, 9.17) is 0 Å². The monoisotopic (exact) mass is 557 g/mol. The summed E-state index contributed by atoms with van der Waals surface area (Å²) in [5, 5.41) is 8.42. The van der Waals surface area contributed by atoms with Crippen molar-refractivity contribution in [1.29, 1.82) is 0 Å². The highest BCUT2D eigenvalue weighted by Crippen LogP contribution is 2.23. The average molecular weight is 558 g/mol. The Morgan fingerprint density at radius 1 is 0.806 bits per heavy atom. The van der Waals surface area contributed by atoms with Crippen LogP contribution in [0.3, 0.4) is 0 Å². The van der Waals surface area contributed by atoms with Gasteiger partial charge in [0.1, 0.15) is 5.88 Å². The maximum Gasteiger partial charge on any atom is 0.294 e. The molecular weight excluding hydrogens is 538 g/mol. The quantitative estimate of drug-likeness (QED) is 0.172. The zero-order valence-electron chi connectivity index (χ0n) is 18.1. The van der Waals surface area contributed by atoms with Gasteiger partial charge in [-0.2, -0.15) is 36.1 Å². The van der Waals surface area contributed by atoms with Gasteiger partial charge in [0, 0.05) is 24.5 Å². The Bertz CT molecular complexity index is 1530. The van der Waals surface area contributed by atoms with E-state index in [2.05, 4.69) is 30.9 Å². The van der Waals surface area contributed by atoms with Crippen LogP contribution in [0.25, 0.3) is 0 Å². The van der Waals surface area contributed by atoms with Gasteiger partial charge in [0.25, 0.3) is 20.2 Å². The lowest BCUT2D eigenvalue weighted by atomic mass is 10.3. The summed E-state index contributed by atoms with van der Waals surface area (Å²) >= 11 is 0. The number of benzene rings is 2. The van der Waals surface area contributed by atoms with Gasteiger partial charge in [-0.25, -0.2) is 8.42 Å². The van der Waals surface area contributed by atoms with Crippen LogP contribution in [-0.4, -0.2) is 72.6 Å². The fourth-order valence-corrected chi connectivity index (χ4v) is 5.07. The first kappa shape index (κ1) is 25.7. The highest BCUT2D eigenvalue weighted by Gasteiger charge is 2.39. The molecule has 0 saturated carbocycles. The first-order valence-corrected chi connectivity index (χ1v) is 14.5. The van der Waals surface area contributed by atoms with E-state index >= 15 is 0 Å². The average Bonchev–Trinajstić information content (AvgIpc) is 3.39. The zero-order valence-corrected chi connectivity index (χ0v) is 20.5. The van der Waals surface area contributed by atoms with Crippen LogP contribution in [0.2, 0.25) is 0 Å². The number of aromatic nitrogens is 3. The lowest BCUT2D eigenvalue weighted by Gasteiger charge is -2.12. The van der Waals surface area contributed by atoms with Gasteiger partial charge in [-0.3, -0.25) is 9.11 Å². The molecule has 0 aliphatic carbocycles. The summed E-state index contributed by atoms with van der Waals surface area (Å²) in [5.41, 5.74) is 0.438. The number of rotatable bonds is 10. The van der Waals surface area contributed by atoms with Crippen LogP contribution in [0.1, 0.15) is 0 Å². The third-order valence-electron chi connectivity index (χ3n) is 4.68. The van der Waals surface area contributed by atoms with Crippen LogP contribution < -0.4 is 16.0 Å². The summed E-state index contributed by atoms with van der Waals surface area (Å²) in [7, 11) is -12.1. The summed E-state index contributed by atoms with van der Waals surface area (Å²) in [5.74, 6) is -0.147. The highest BCUT2D eigenvalue weighted by molar-refractivity contribution is 7.95. The number of hydrogen-bond acceptors (Lipinski definition) is 12. The van der Waals surface area contributed by atoms with Crippen molar-refractivity contribution in [2.75, 3.05) is 34.9 Å². The largest absolute Gasteiger partial charge is 0.353 e. The number of nitrogens with one attached hydrogen (secondary N) is 3. The zero-order chi connectivity index (χ0) is 26.1. The van der Waals surface area contributed by atoms with Crippen molar-refractivity contribution in [3.63, 3.8) is 0 Å². The van der Waals surface area contributed by atoms with Gasteiger partial charge < -0.3 is 16.0 Å². The van der Waals surface area contributed by atoms with E-state index in [0.29, 0.717) is 0 Å². The van der Waals surface area contributed by atoms with Crippen molar-refractivity contribution in [3.05, 3.63) is 48.5 Å². The third kappa shape index (κ3) is 6.62. The van der Waals surface area contributed by atoms with Gasteiger partial charge in [0.15, 0.2) is 0 Å². The molecule has 5 N–H and O–H groups in total. The van der Waals surface area contributed by atoms with Gasteiger partial charge in [0.2, 0.25) is 27.9 Å². The molecule has 1 aromatic heterocycles. The number of anilines is 5. The molecule has 1 unspecified atom stereocenters. The molecule has 15 nitrogen and oxygen atoms in total. The van der Waals surface area contributed by atoms with E-state index in [9.17, 15) is 34.4 Å². The lowest BCUT2D eigenvalue weighted by Crippen LogP contribution is -2.16. The van der Waals surface area contributed by atoms with E-state index in [1.165, 1.54) is 40.7 Å². The molecule has 2 aromatic carbocycles. The smallest absolute Gasteiger partial charge is 0.294 e. The van der Waals surface area contributed by atoms with Crippen LogP contribution in [-0.2, 0) is 30.3 Å². The fourth-order valence-electron chi connectivity index (χ4n) is 2.95. The SMILES string of the molecule is O=S(=O)(O)c1cccc(Nc2nc(NCCN3CS3(=O)=O)nc(Nc3cccc(S(=O)(=O)O)c3)n2)c1. The van der Waals surface area contributed by atoms with Gasteiger partial charge in [-0.15, -0.1) is 0 Å². The van der Waals surface area contributed by atoms with Crippen LogP contribution in [0, 0.1) is 0 Å². The van der Waals surface area contributed by atoms with Crippen molar-refractivity contribution in [3.8, 4) is 0 Å². The minimum absolute atomic E-state index is 0.0196. The summed E-state index contributed by atoms with van der Waals surface area (Å²) in [6, 6.07) is 10.5. The summed E-state index contributed by atoms with van der Waals surface area (Å²) in [6.07, 6.45) is 0. The Morgan fingerprint density at radius 2 is 1.25 bits per heavy atom. The Kier molecular flexibility index (Phi) is 6.82. The third-order valence-corrected chi connectivity index (χ3v) is 7.82. The van der Waals surface area contributed by atoms with Crippen LogP contribution in [0.5, 0.6) is 0 Å². The van der Waals surface area contributed by atoms with Crippen LogP contribution in [0.15, 0.2) is 58.3 Å². The van der Waals surface area contributed by atoms with Crippen molar-refractivity contribution in [1.82, 2.24) is 19.3 Å². The molecule has 18 heteroatoms. The maximum atomic E-state index is 11.4. The van der Waals surface area contributed by atoms with Crippen molar-refractivity contribution < 1.29 is 34.4 Å². The summed E-state index contributed by atoms with van der Waals surface area (Å²) in [4.78, 5) is 11.8. The standard InChI is InChI=1S/C18H19N7O8S3/c26-34(27)11-25(34)8-7-19-16-22-17(20-12-3-1-5-14(9-12)35(28,29)30)24-18(23-16)21-13-4-2-6-15(10-13)36(31,32)33/h1-6,9-10H,7-8,11H2,(H,28,29,30)(H,31,32,33)(H3,19,20,21,22,23,24). The second-order valence-electron chi connectivity index (χ2n) is 7.41. The Morgan fingerprint density at radius 3 is 1.67 bits per heavy atom. The molecule has 1 aliphatic rings. The summed E-state index contributed by atoms with van der Waals surface area (Å²) < 4.78 is 88.2. The molecule has 1 saturated heterocycles. The maximum absolute atomic E-state index is 11.4. The number of nitrogens with zero attached hydrogens (tertiary/aromatic N) is 4. The predicted molar refractivity (Wildman–Crippen MR) is 128 cm³/mol. The van der Waals surface area contributed by atoms with Crippen LogP contribution >= 0.6 is 0 Å². The molecule has 192 valence electrons. The molecule has 36 heavy (non-hydrogen) atoms. The highest BCUT2D eigenvalue weighted by atomic mass is 32.2. The Balaban J connectivity index is 1.61. The first-order valence-electron chi connectivity index (χ1n) is 9.97. The second-order valence-corrected chi connectivity index (χ2v) is 12.2. The van der Waals surface area contributed by atoms with Crippen molar-refractivity contribution in [2.24, 2.45) is 0 Å². The molecule has 2 heterocycles. The first-order chi connectivity index (χ1) is 16.8. The van der Waals surface area contributed by atoms with Crippen LogP contribution in [0.4, 0.5) is 29.2 Å². The molecular formula is C18H19N7O8S3. The van der Waals surface area contributed by atoms with E-state index in [1.54, 1.807) is 0 Å². The topological polar surface area (TPSA) is 221 Å². The van der Waals surface area contributed by atoms with E-state index in [0.717, 1.165) is 12.1 Å². The lowest BCUT2D eigenvalue weighted by molar-refractivity contribution is 0.481. The molecule has 1 atom stereocenters. The molecule has 1 aliphatic heterocycles. The molecule has 3 aromatic rings. The van der Waals surface area contributed by atoms with Gasteiger partial charge in [-0.1, -0.05) is 12.1 Å². The molecule has 0 spiro atoms. The Labute approximate surface area is 206 Å². The predicted octanol–water partition coefficient (Wildman–Crippen LogP) is 0.867. The van der Waals surface area contributed by atoms with Gasteiger partial charge in [0.05, 0.1) is 9.79 Å².